The van der Waals surface area contributed by atoms with Gasteiger partial charge in [0.15, 0.2) is 18.7 Å². The standard InChI is InChI=1S/C24H32N4O6/c1-16(29)28(17(2)30,18(3)31)23(24(32)33)34-22-14-10-20(11-15-22)7-6-19-8-12-21(13-9-19)25-26-27(4)5/h6-18,23,29-31H,1-5H3/p+1. The first-order valence-electron chi connectivity index (χ1n) is 10.8. The molecule has 4 unspecified atom stereocenters. The molecule has 0 aliphatic heterocycles. The molecule has 2 aromatic carbocycles. The third-order valence-electron chi connectivity index (χ3n) is 5.39. The second kappa shape index (κ2) is 11.7. The molecule has 0 aliphatic carbocycles. The van der Waals surface area contributed by atoms with Crippen LogP contribution in [0, 0.1) is 0 Å². The van der Waals surface area contributed by atoms with Crippen molar-refractivity contribution in [1.29, 1.82) is 0 Å². The number of quaternary nitrogens is 1. The van der Waals surface area contributed by atoms with E-state index in [-0.39, 0.29) is 5.75 Å². The van der Waals surface area contributed by atoms with Crippen LogP contribution in [0.3, 0.4) is 0 Å². The van der Waals surface area contributed by atoms with E-state index < -0.39 is 35.4 Å². The summed E-state index contributed by atoms with van der Waals surface area (Å²) in [4.78, 5) is 12.0. The number of rotatable bonds is 11. The number of ether oxygens (including phenoxy) is 1. The molecule has 184 valence electrons. The zero-order valence-corrected chi connectivity index (χ0v) is 20.0. The minimum atomic E-state index is -1.75. The van der Waals surface area contributed by atoms with Crippen molar-refractivity contribution in [3.05, 3.63) is 59.7 Å². The van der Waals surface area contributed by atoms with Gasteiger partial charge in [-0.2, -0.15) is 0 Å². The average Bonchev–Trinajstić information content (AvgIpc) is 2.76. The van der Waals surface area contributed by atoms with Crippen molar-refractivity contribution in [2.75, 3.05) is 14.1 Å². The molecule has 0 fully saturated rings. The molecule has 34 heavy (non-hydrogen) atoms. The Morgan fingerprint density at radius 2 is 1.32 bits per heavy atom. The first-order chi connectivity index (χ1) is 16.0. The Balaban J connectivity index is 2.18. The van der Waals surface area contributed by atoms with E-state index in [2.05, 4.69) is 10.3 Å². The van der Waals surface area contributed by atoms with Gasteiger partial charge in [0.1, 0.15) is 5.75 Å². The van der Waals surface area contributed by atoms with Crippen LogP contribution in [0.4, 0.5) is 5.69 Å². The second-order valence-corrected chi connectivity index (χ2v) is 8.13. The molecule has 0 saturated heterocycles. The van der Waals surface area contributed by atoms with E-state index in [0.29, 0.717) is 0 Å². The Bertz CT molecular complexity index is 964. The van der Waals surface area contributed by atoms with Crippen molar-refractivity contribution in [3.63, 3.8) is 0 Å². The molecule has 10 heteroatoms. The van der Waals surface area contributed by atoms with Crippen molar-refractivity contribution in [3.8, 4) is 5.75 Å². The number of carboxylic acid groups (broad SMARTS) is 1. The van der Waals surface area contributed by atoms with Gasteiger partial charge in [-0.15, -0.1) is 5.11 Å². The summed E-state index contributed by atoms with van der Waals surface area (Å²) in [7, 11) is 3.59. The SMILES string of the molecule is CC(O)[N+](C(C)O)(C(C)O)C(Oc1ccc(C=Cc2ccc(N=NN(C)C)cc2)cc1)C(=O)O. The largest absolute Gasteiger partial charge is 0.474 e. The van der Waals surface area contributed by atoms with Crippen LogP contribution in [-0.2, 0) is 4.79 Å². The van der Waals surface area contributed by atoms with Gasteiger partial charge in [-0.25, -0.2) is 9.28 Å². The maximum Gasteiger partial charge on any atom is 0.405 e. The fourth-order valence-electron chi connectivity index (χ4n) is 3.63. The Labute approximate surface area is 199 Å². The van der Waals surface area contributed by atoms with Crippen LogP contribution in [0.15, 0.2) is 58.9 Å². The molecular formula is C24H33N4O6+. The van der Waals surface area contributed by atoms with Gasteiger partial charge < -0.3 is 25.2 Å². The number of aliphatic hydroxyl groups excluding tert-OH is 3. The van der Waals surface area contributed by atoms with E-state index in [4.69, 9.17) is 4.74 Å². The third-order valence-corrected chi connectivity index (χ3v) is 5.39. The number of nitrogens with zero attached hydrogens (tertiary/aromatic N) is 4. The maximum absolute atomic E-state index is 12.0. The predicted molar refractivity (Wildman–Crippen MR) is 127 cm³/mol. The topological polar surface area (TPSA) is 135 Å². The van der Waals surface area contributed by atoms with Crippen molar-refractivity contribution in [2.45, 2.75) is 45.7 Å². The van der Waals surface area contributed by atoms with Crippen LogP contribution in [-0.4, -0.2) is 74.9 Å². The first-order valence-corrected chi connectivity index (χ1v) is 10.8. The maximum atomic E-state index is 12.0. The average molecular weight is 474 g/mol. The normalized spacial score (nSPS) is 17.2. The second-order valence-electron chi connectivity index (χ2n) is 8.13. The van der Waals surface area contributed by atoms with Gasteiger partial charge in [0.05, 0.1) is 5.69 Å². The van der Waals surface area contributed by atoms with Crippen LogP contribution >= 0.6 is 0 Å². The van der Waals surface area contributed by atoms with E-state index in [1.165, 1.54) is 20.8 Å². The Kier molecular flexibility index (Phi) is 9.28. The Morgan fingerprint density at radius 3 is 1.71 bits per heavy atom. The van der Waals surface area contributed by atoms with Crippen LogP contribution < -0.4 is 4.74 Å². The number of aliphatic carboxylic acids is 1. The molecule has 0 saturated carbocycles. The zero-order chi connectivity index (χ0) is 25.5. The number of benzene rings is 2. The van der Waals surface area contributed by atoms with Crippen molar-refractivity contribution in [1.82, 2.24) is 5.01 Å². The van der Waals surface area contributed by atoms with Crippen LogP contribution in [0.1, 0.15) is 31.9 Å². The monoisotopic (exact) mass is 473 g/mol. The molecule has 0 amide bonds. The van der Waals surface area contributed by atoms with Gasteiger partial charge in [-0.3, -0.25) is 5.01 Å². The summed E-state index contributed by atoms with van der Waals surface area (Å²) in [6.07, 6.45) is -2.20. The van der Waals surface area contributed by atoms with Gasteiger partial charge >= 0.3 is 12.2 Å². The van der Waals surface area contributed by atoms with E-state index >= 15 is 0 Å². The number of aliphatic hydroxyl groups is 3. The minimum Gasteiger partial charge on any atom is -0.474 e. The van der Waals surface area contributed by atoms with Crippen molar-refractivity contribution in [2.24, 2.45) is 10.3 Å². The number of hydrogen-bond acceptors (Lipinski definition) is 7. The van der Waals surface area contributed by atoms with E-state index in [1.54, 1.807) is 43.4 Å². The molecular weight excluding hydrogens is 440 g/mol. The number of carboxylic acids is 1. The van der Waals surface area contributed by atoms with Gasteiger partial charge in [0, 0.05) is 34.9 Å². The highest BCUT2D eigenvalue weighted by Gasteiger charge is 2.54. The summed E-state index contributed by atoms with van der Waals surface area (Å²) < 4.78 is 4.64. The Hall–Kier alpha value is -3.31. The molecule has 0 bridgehead atoms. The summed E-state index contributed by atoms with van der Waals surface area (Å²) in [5.41, 5.74) is 2.54. The molecule has 0 radical (unpaired) electrons. The van der Waals surface area contributed by atoms with E-state index in [1.807, 2.05) is 36.4 Å². The molecule has 2 rings (SSSR count). The summed E-state index contributed by atoms with van der Waals surface area (Å²) in [6, 6.07) is 14.2. The molecule has 4 N–H and O–H groups in total. The fourth-order valence-corrected chi connectivity index (χ4v) is 3.63. The highest BCUT2D eigenvalue weighted by Crippen LogP contribution is 2.29. The first kappa shape index (κ1) is 26.9. The summed E-state index contributed by atoms with van der Waals surface area (Å²) in [5, 5.41) is 50.2. The fraction of sp³-hybridized carbons (Fsp3) is 0.375. The van der Waals surface area contributed by atoms with Crippen molar-refractivity contribution >= 4 is 23.8 Å². The molecule has 10 nitrogen and oxygen atoms in total. The lowest BCUT2D eigenvalue weighted by atomic mass is 10.1. The highest BCUT2D eigenvalue weighted by molar-refractivity contribution is 5.72. The summed E-state index contributed by atoms with van der Waals surface area (Å²) >= 11 is 0. The molecule has 4 atom stereocenters. The van der Waals surface area contributed by atoms with Crippen LogP contribution in [0.2, 0.25) is 0 Å². The summed E-state index contributed by atoms with van der Waals surface area (Å²) in [6.45, 7) is 3.89. The smallest absolute Gasteiger partial charge is 0.405 e. The predicted octanol–water partition coefficient (Wildman–Crippen LogP) is 3.04. The molecule has 0 heterocycles. The van der Waals surface area contributed by atoms with Crippen LogP contribution in [0.25, 0.3) is 12.2 Å². The molecule has 0 aliphatic rings. The quantitative estimate of drug-likeness (QED) is 0.129. The van der Waals surface area contributed by atoms with E-state index in [9.17, 15) is 25.2 Å². The van der Waals surface area contributed by atoms with Crippen molar-refractivity contribution < 1.29 is 34.4 Å². The van der Waals surface area contributed by atoms with Gasteiger partial charge in [0.25, 0.3) is 0 Å². The lowest BCUT2D eigenvalue weighted by molar-refractivity contribution is -1.06. The lowest BCUT2D eigenvalue weighted by Crippen LogP contribution is -2.72. The van der Waals surface area contributed by atoms with Gasteiger partial charge in [-0.05, 0) is 35.4 Å². The lowest BCUT2D eigenvalue weighted by Gasteiger charge is -2.47. The number of hydrogen-bond donors (Lipinski definition) is 4. The minimum absolute atomic E-state index is 0.213. The zero-order valence-electron chi connectivity index (χ0n) is 20.0. The summed E-state index contributed by atoms with van der Waals surface area (Å²) in [5.74, 6) is -1.22. The molecule has 2 aromatic rings. The highest BCUT2D eigenvalue weighted by atomic mass is 16.6. The molecule has 0 aromatic heterocycles. The molecule has 0 spiro atoms. The Morgan fingerprint density at radius 1 is 0.882 bits per heavy atom. The number of carbonyl (C=O) groups is 1. The van der Waals surface area contributed by atoms with E-state index in [0.717, 1.165) is 16.8 Å². The van der Waals surface area contributed by atoms with Crippen LogP contribution in [0.5, 0.6) is 5.75 Å². The van der Waals surface area contributed by atoms with Gasteiger partial charge in [-0.1, -0.05) is 41.6 Å². The third kappa shape index (κ3) is 6.39. The van der Waals surface area contributed by atoms with Gasteiger partial charge in [0.2, 0.25) is 0 Å².